The van der Waals surface area contributed by atoms with Gasteiger partial charge in [-0.15, -0.1) is 0 Å². The average Bonchev–Trinajstić information content (AvgIpc) is 2.48. The molecule has 1 heterocycles. The zero-order valence-electron chi connectivity index (χ0n) is 13.3. The lowest BCUT2D eigenvalue weighted by molar-refractivity contribution is 0.152. The van der Waals surface area contributed by atoms with Crippen LogP contribution in [0.4, 0.5) is 0 Å². The van der Waals surface area contributed by atoms with Crippen LogP contribution in [0.15, 0.2) is 24.3 Å². The highest BCUT2D eigenvalue weighted by molar-refractivity contribution is 6.30. The van der Waals surface area contributed by atoms with Gasteiger partial charge in [-0.3, -0.25) is 0 Å². The lowest BCUT2D eigenvalue weighted by atomic mass is 10.1. The van der Waals surface area contributed by atoms with Crippen molar-refractivity contribution in [1.29, 1.82) is 0 Å². The van der Waals surface area contributed by atoms with Gasteiger partial charge in [-0.1, -0.05) is 23.7 Å². The fourth-order valence-electron chi connectivity index (χ4n) is 2.77. The fraction of sp³-hybridized carbons (Fsp3) is 0.647. The maximum absolute atomic E-state index is 5.91. The molecule has 0 amide bonds. The summed E-state index contributed by atoms with van der Waals surface area (Å²) in [6.07, 6.45) is 2.29. The lowest BCUT2D eigenvalue weighted by Gasteiger charge is -2.32. The monoisotopic (exact) mass is 309 g/mol. The summed E-state index contributed by atoms with van der Waals surface area (Å²) in [7, 11) is 2.21. The number of benzene rings is 1. The van der Waals surface area contributed by atoms with Crippen LogP contribution >= 0.6 is 11.6 Å². The van der Waals surface area contributed by atoms with Gasteiger partial charge in [0.15, 0.2) is 0 Å². The third kappa shape index (κ3) is 6.35. The molecule has 0 bridgehead atoms. The summed E-state index contributed by atoms with van der Waals surface area (Å²) >= 11 is 5.91. The predicted octanol–water partition coefficient (Wildman–Crippen LogP) is 2.50. The van der Waals surface area contributed by atoms with Crippen molar-refractivity contribution in [3.05, 3.63) is 34.9 Å². The third-order valence-electron chi connectivity index (χ3n) is 4.19. The number of rotatable bonds is 7. The van der Waals surface area contributed by atoms with E-state index in [0.717, 1.165) is 18.0 Å². The van der Waals surface area contributed by atoms with E-state index in [2.05, 4.69) is 41.2 Å². The largest absolute Gasteiger partial charge is 0.314 e. The van der Waals surface area contributed by atoms with Crippen LogP contribution in [0.25, 0.3) is 0 Å². The van der Waals surface area contributed by atoms with Gasteiger partial charge in [0.2, 0.25) is 0 Å². The highest BCUT2D eigenvalue weighted by Crippen LogP contribution is 2.11. The molecule has 118 valence electrons. The number of likely N-dealkylation sites (N-methyl/N-ethyl adjacent to an activating group) is 1. The van der Waals surface area contributed by atoms with E-state index in [9.17, 15) is 0 Å². The van der Waals surface area contributed by atoms with Crippen molar-refractivity contribution in [2.24, 2.45) is 0 Å². The Hall–Kier alpha value is -0.610. The molecule has 3 nitrogen and oxygen atoms in total. The molecule has 0 saturated carbocycles. The number of halogens is 1. The first-order chi connectivity index (χ1) is 10.1. The summed E-state index contributed by atoms with van der Waals surface area (Å²) in [6, 6.07) is 8.68. The summed E-state index contributed by atoms with van der Waals surface area (Å²) < 4.78 is 0. The summed E-state index contributed by atoms with van der Waals surface area (Å²) in [6.45, 7) is 9.43. The van der Waals surface area contributed by atoms with Gasteiger partial charge in [0.25, 0.3) is 0 Å². The van der Waals surface area contributed by atoms with E-state index in [0.29, 0.717) is 6.04 Å². The molecule has 1 fully saturated rings. The Morgan fingerprint density at radius 2 is 1.81 bits per heavy atom. The summed E-state index contributed by atoms with van der Waals surface area (Å²) in [5.74, 6) is 0. The van der Waals surface area contributed by atoms with Gasteiger partial charge in [0, 0.05) is 37.2 Å². The molecule has 1 saturated heterocycles. The predicted molar refractivity (Wildman–Crippen MR) is 91.2 cm³/mol. The minimum Gasteiger partial charge on any atom is -0.314 e. The van der Waals surface area contributed by atoms with Gasteiger partial charge in [0.1, 0.15) is 0 Å². The molecule has 1 unspecified atom stereocenters. The molecule has 0 aliphatic carbocycles. The number of hydrogen-bond acceptors (Lipinski definition) is 3. The van der Waals surface area contributed by atoms with Crippen molar-refractivity contribution in [3.8, 4) is 0 Å². The van der Waals surface area contributed by atoms with E-state index < -0.39 is 0 Å². The van der Waals surface area contributed by atoms with Crippen molar-refractivity contribution >= 4 is 11.6 Å². The van der Waals surface area contributed by atoms with Crippen LogP contribution in [0.3, 0.4) is 0 Å². The molecule has 1 aliphatic heterocycles. The van der Waals surface area contributed by atoms with Gasteiger partial charge in [-0.2, -0.15) is 0 Å². The first-order valence-electron chi connectivity index (χ1n) is 8.02. The Labute approximate surface area is 134 Å². The lowest BCUT2D eigenvalue weighted by Crippen LogP contribution is -2.45. The molecule has 21 heavy (non-hydrogen) atoms. The molecule has 1 aromatic carbocycles. The van der Waals surface area contributed by atoms with E-state index >= 15 is 0 Å². The van der Waals surface area contributed by atoms with Crippen LogP contribution in [0.1, 0.15) is 18.9 Å². The van der Waals surface area contributed by atoms with Crippen molar-refractivity contribution in [2.75, 3.05) is 46.3 Å². The summed E-state index contributed by atoms with van der Waals surface area (Å²) in [4.78, 5) is 4.98. The standard InChI is InChI=1S/C17H28ClN3/c1-15(14-16-4-6-17(18)7-5-16)19-8-3-9-21-12-10-20(2)11-13-21/h4-7,15,19H,3,8-14H2,1-2H3. The Kier molecular flexibility index (Phi) is 6.97. The van der Waals surface area contributed by atoms with Gasteiger partial charge in [-0.25, -0.2) is 0 Å². The molecule has 1 aliphatic rings. The summed E-state index contributed by atoms with van der Waals surface area (Å²) in [5, 5.41) is 4.44. The van der Waals surface area contributed by atoms with Crippen LogP contribution in [-0.2, 0) is 6.42 Å². The highest BCUT2D eigenvalue weighted by Gasteiger charge is 2.12. The second kappa shape index (κ2) is 8.74. The third-order valence-corrected chi connectivity index (χ3v) is 4.45. The van der Waals surface area contributed by atoms with Crippen LogP contribution in [0.2, 0.25) is 5.02 Å². The molecular formula is C17H28ClN3. The minimum atomic E-state index is 0.513. The van der Waals surface area contributed by atoms with Crippen LogP contribution in [-0.4, -0.2) is 62.2 Å². The minimum absolute atomic E-state index is 0.513. The number of nitrogens with zero attached hydrogens (tertiary/aromatic N) is 2. The van der Waals surface area contributed by atoms with E-state index in [1.165, 1.54) is 44.7 Å². The van der Waals surface area contributed by atoms with E-state index in [-0.39, 0.29) is 0 Å². The summed E-state index contributed by atoms with van der Waals surface area (Å²) in [5.41, 5.74) is 1.35. The fourth-order valence-corrected chi connectivity index (χ4v) is 2.89. The maximum atomic E-state index is 5.91. The Bertz CT molecular complexity index is 399. The zero-order valence-corrected chi connectivity index (χ0v) is 14.1. The Morgan fingerprint density at radius 1 is 1.14 bits per heavy atom. The van der Waals surface area contributed by atoms with Gasteiger partial charge < -0.3 is 15.1 Å². The maximum Gasteiger partial charge on any atom is 0.0406 e. The first kappa shape index (κ1) is 16.8. The van der Waals surface area contributed by atoms with Crippen LogP contribution in [0, 0.1) is 0 Å². The Balaban J connectivity index is 1.57. The first-order valence-corrected chi connectivity index (χ1v) is 8.40. The Morgan fingerprint density at radius 3 is 2.48 bits per heavy atom. The molecule has 4 heteroatoms. The van der Waals surface area contributed by atoms with Crippen molar-refractivity contribution in [2.45, 2.75) is 25.8 Å². The number of piperazine rings is 1. The second-order valence-corrected chi connectivity index (χ2v) is 6.62. The van der Waals surface area contributed by atoms with Crippen molar-refractivity contribution in [1.82, 2.24) is 15.1 Å². The SMILES string of the molecule is CC(Cc1ccc(Cl)cc1)NCCCN1CCN(C)CC1. The van der Waals surface area contributed by atoms with Gasteiger partial charge in [0.05, 0.1) is 0 Å². The number of nitrogens with one attached hydrogen (secondary N) is 1. The van der Waals surface area contributed by atoms with E-state index in [1.54, 1.807) is 0 Å². The molecule has 0 aromatic heterocycles. The van der Waals surface area contributed by atoms with Crippen molar-refractivity contribution < 1.29 is 0 Å². The molecule has 1 atom stereocenters. The molecule has 0 radical (unpaired) electrons. The smallest absolute Gasteiger partial charge is 0.0406 e. The quantitative estimate of drug-likeness (QED) is 0.781. The van der Waals surface area contributed by atoms with E-state index in [1.807, 2.05) is 12.1 Å². The highest BCUT2D eigenvalue weighted by atomic mass is 35.5. The van der Waals surface area contributed by atoms with Crippen LogP contribution in [0.5, 0.6) is 0 Å². The van der Waals surface area contributed by atoms with Crippen molar-refractivity contribution in [3.63, 3.8) is 0 Å². The van der Waals surface area contributed by atoms with Gasteiger partial charge in [-0.05, 0) is 57.6 Å². The molecule has 2 rings (SSSR count). The van der Waals surface area contributed by atoms with E-state index in [4.69, 9.17) is 11.6 Å². The molecule has 0 spiro atoms. The van der Waals surface area contributed by atoms with Gasteiger partial charge >= 0.3 is 0 Å². The second-order valence-electron chi connectivity index (χ2n) is 6.18. The number of hydrogen-bond donors (Lipinski definition) is 1. The topological polar surface area (TPSA) is 18.5 Å². The zero-order chi connectivity index (χ0) is 15.1. The average molecular weight is 310 g/mol. The van der Waals surface area contributed by atoms with Crippen LogP contribution < -0.4 is 5.32 Å². The normalized spacial score (nSPS) is 18.8. The molecule has 1 aromatic rings. The molecular weight excluding hydrogens is 282 g/mol. The molecule has 1 N–H and O–H groups in total.